The first kappa shape index (κ1) is 25.0. The Morgan fingerprint density at radius 1 is 1.08 bits per heavy atom. The van der Waals surface area contributed by atoms with E-state index in [1.54, 1.807) is 24.9 Å². The van der Waals surface area contributed by atoms with Gasteiger partial charge in [-0.05, 0) is 81.1 Å². The molecule has 0 aliphatic carbocycles. The van der Waals surface area contributed by atoms with E-state index < -0.39 is 35.6 Å². The highest BCUT2D eigenvalue weighted by molar-refractivity contribution is 6.23. The third-order valence-electron chi connectivity index (χ3n) is 7.12. The Balaban J connectivity index is 1.58. The molecule has 1 N–H and O–H groups in total. The number of nitrogens with one attached hydrogen (secondary N) is 1. The number of aromatic nitrogens is 1. The smallest absolute Gasteiger partial charge is 0.406 e. The van der Waals surface area contributed by atoms with Crippen molar-refractivity contribution in [2.75, 3.05) is 18.0 Å². The third-order valence-corrected chi connectivity index (χ3v) is 7.12. The molecule has 1 aromatic heterocycles. The standard InChI is InChI=1S/C27H27F3N4O3/c1-26(2)24(35)33(18-9-11-19(12-10-18)37-27(28,29)30)25(36)34(26)23(17-6-5-14-31-16-17)21-13-15-32-22-8-4-3-7-20(21)22/h3-4,7-13,15,17,23,31H,5-6,14,16H2,1-2H3. The topological polar surface area (TPSA) is 74.8 Å². The van der Waals surface area contributed by atoms with E-state index in [0.29, 0.717) is 6.54 Å². The second-order valence-electron chi connectivity index (χ2n) is 9.86. The Morgan fingerprint density at radius 2 is 1.81 bits per heavy atom. The number of hydrogen-bond donors (Lipinski definition) is 1. The summed E-state index contributed by atoms with van der Waals surface area (Å²) in [5, 5.41) is 4.33. The van der Waals surface area contributed by atoms with Gasteiger partial charge in [0.15, 0.2) is 0 Å². The minimum atomic E-state index is -4.84. The van der Waals surface area contributed by atoms with Crippen LogP contribution in [0.15, 0.2) is 60.8 Å². The quantitative estimate of drug-likeness (QED) is 0.462. The number of carbonyl (C=O) groups excluding carboxylic acids is 2. The summed E-state index contributed by atoms with van der Waals surface area (Å²) in [5.74, 6) is -0.840. The first-order chi connectivity index (χ1) is 17.6. The van der Waals surface area contributed by atoms with Crippen molar-refractivity contribution >= 4 is 28.5 Å². The van der Waals surface area contributed by atoms with Gasteiger partial charge in [0.25, 0.3) is 5.91 Å². The van der Waals surface area contributed by atoms with Crippen LogP contribution in [-0.4, -0.2) is 46.8 Å². The fourth-order valence-corrected chi connectivity index (χ4v) is 5.43. The molecule has 3 amide bonds. The van der Waals surface area contributed by atoms with E-state index in [4.69, 9.17) is 0 Å². The highest BCUT2D eigenvalue weighted by Gasteiger charge is 2.56. The number of alkyl halides is 3. The summed E-state index contributed by atoms with van der Waals surface area (Å²) in [6, 6.07) is 13.4. The van der Waals surface area contributed by atoms with Crippen molar-refractivity contribution in [2.45, 2.75) is 44.6 Å². The molecule has 0 bridgehead atoms. The fraction of sp³-hybridized carbons (Fsp3) is 0.370. The lowest BCUT2D eigenvalue weighted by molar-refractivity contribution is -0.274. The molecule has 2 atom stereocenters. The number of imide groups is 1. The molecule has 3 aromatic rings. The van der Waals surface area contributed by atoms with E-state index in [-0.39, 0.29) is 11.6 Å². The number of anilines is 1. The van der Waals surface area contributed by atoms with E-state index in [2.05, 4.69) is 15.0 Å². The molecule has 194 valence electrons. The van der Waals surface area contributed by atoms with Gasteiger partial charge in [0.2, 0.25) is 0 Å². The average molecular weight is 513 g/mol. The summed E-state index contributed by atoms with van der Waals surface area (Å²) in [6.07, 6.45) is -1.32. The minimum Gasteiger partial charge on any atom is -0.406 e. The number of urea groups is 1. The summed E-state index contributed by atoms with van der Waals surface area (Å²) < 4.78 is 41.7. The fourth-order valence-electron chi connectivity index (χ4n) is 5.43. The van der Waals surface area contributed by atoms with E-state index in [1.165, 1.54) is 12.1 Å². The van der Waals surface area contributed by atoms with Crippen LogP contribution in [0.4, 0.5) is 23.7 Å². The number of ether oxygens (including phenoxy) is 1. The van der Waals surface area contributed by atoms with Crippen LogP contribution in [0.5, 0.6) is 5.75 Å². The molecule has 2 fully saturated rings. The van der Waals surface area contributed by atoms with Gasteiger partial charge in [-0.3, -0.25) is 9.78 Å². The number of amides is 3. The Labute approximate surface area is 212 Å². The molecule has 0 radical (unpaired) electrons. The molecule has 3 heterocycles. The number of pyridine rings is 1. The van der Waals surface area contributed by atoms with E-state index >= 15 is 0 Å². The number of halogens is 3. The number of carbonyl (C=O) groups is 2. The van der Waals surface area contributed by atoms with Crippen LogP contribution in [0.25, 0.3) is 10.9 Å². The van der Waals surface area contributed by atoms with Crippen molar-refractivity contribution in [3.63, 3.8) is 0 Å². The molecular weight excluding hydrogens is 485 g/mol. The van der Waals surface area contributed by atoms with Crippen molar-refractivity contribution in [3.05, 3.63) is 66.4 Å². The molecule has 2 unspecified atom stereocenters. The van der Waals surface area contributed by atoms with Gasteiger partial charge in [-0.2, -0.15) is 0 Å². The maximum absolute atomic E-state index is 14.0. The SMILES string of the molecule is CC1(C)C(=O)N(c2ccc(OC(F)(F)F)cc2)C(=O)N1C(c1ccnc2ccccc12)C1CCCNC1. The lowest BCUT2D eigenvalue weighted by Crippen LogP contribution is -2.50. The molecule has 2 aliphatic rings. The predicted molar refractivity (Wildman–Crippen MR) is 132 cm³/mol. The van der Waals surface area contributed by atoms with Crippen molar-refractivity contribution in [2.24, 2.45) is 5.92 Å². The Hall–Kier alpha value is -3.66. The van der Waals surface area contributed by atoms with Crippen molar-refractivity contribution in [3.8, 4) is 5.75 Å². The van der Waals surface area contributed by atoms with Crippen LogP contribution in [0.2, 0.25) is 0 Å². The van der Waals surface area contributed by atoms with Gasteiger partial charge in [0, 0.05) is 18.1 Å². The third kappa shape index (κ3) is 4.61. The summed E-state index contributed by atoms with van der Waals surface area (Å²) >= 11 is 0. The van der Waals surface area contributed by atoms with Gasteiger partial charge >= 0.3 is 12.4 Å². The van der Waals surface area contributed by atoms with Gasteiger partial charge in [0.05, 0.1) is 17.2 Å². The van der Waals surface area contributed by atoms with Crippen LogP contribution in [-0.2, 0) is 4.79 Å². The van der Waals surface area contributed by atoms with Crippen LogP contribution >= 0.6 is 0 Å². The molecule has 0 spiro atoms. The first-order valence-electron chi connectivity index (χ1n) is 12.2. The predicted octanol–water partition coefficient (Wildman–Crippen LogP) is 5.42. The number of nitrogens with zero attached hydrogens (tertiary/aromatic N) is 3. The maximum Gasteiger partial charge on any atom is 0.573 e. The lowest BCUT2D eigenvalue weighted by Gasteiger charge is -2.42. The zero-order chi connectivity index (χ0) is 26.4. The van der Waals surface area contributed by atoms with E-state index in [9.17, 15) is 22.8 Å². The summed E-state index contributed by atoms with van der Waals surface area (Å²) in [6.45, 7) is 4.98. The van der Waals surface area contributed by atoms with Crippen molar-refractivity contribution in [1.29, 1.82) is 0 Å². The first-order valence-corrected chi connectivity index (χ1v) is 12.2. The molecule has 2 aliphatic heterocycles. The summed E-state index contributed by atoms with van der Waals surface area (Å²) in [5.41, 5.74) is 0.677. The number of fused-ring (bicyclic) bond motifs is 1. The zero-order valence-corrected chi connectivity index (χ0v) is 20.5. The number of hydrogen-bond acceptors (Lipinski definition) is 5. The largest absolute Gasteiger partial charge is 0.573 e. The minimum absolute atomic E-state index is 0.0399. The van der Waals surface area contributed by atoms with Crippen molar-refractivity contribution in [1.82, 2.24) is 15.2 Å². The zero-order valence-electron chi connectivity index (χ0n) is 20.5. The molecule has 10 heteroatoms. The van der Waals surface area contributed by atoms with Gasteiger partial charge in [-0.1, -0.05) is 18.2 Å². The van der Waals surface area contributed by atoms with Crippen LogP contribution < -0.4 is 15.0 Å². The number of para-hydroxylation sites is 1. The highest BCUT2D eigenvalue weighted by atomic mass is 19.4. The molecule has 7 nitrogen and oxygen atoms in total. The Bertz CT molecular complexity index is 1320. The second kappa shape index (κ2) is 9.33. The van der Waals surface area contributed by atoms with Crippen LogP contribution in [0.3, 0.4) is 0 Å². The molecular formula is C27H27F3N4O3. The van der Waals surface area contributed by atoms with Crippen molar-refractivity contribution < 1.29 is 27.5 Å². The summed E-state index contributed by atoms with van der Waals surface area (Å²) in [4.78, 5) is 34.8. The monoisotopic (exact) mass is 512 g/mol. The molecule has 37 heavy (non-hydrogen) atoms. The summed E-state index contributed by atoms with van der Waals surface area (Å²) in [7, 11) is 0. The van der Waals surface area contributed by atoms with Gasteiger partial charge in [0.1, 0.15) is 11.3 Å². The molecule has 2 saturated heterocycles. The van der Waals surface area contributed by atoms with E-state index in [1.807, 2.05) is 30.3 Å². The molecule has 0 saturated carbocycles. The van der Waals surface area contributed by atoms with E-state index in [0.717, 1.165) is 52.9 Å². The van der Waals surface area contributed by atoms with Crippen LogP contribution in [0, 0.1) is 5.92 Å². The maximum atomic E-state index is 14.0. The Morgan fingerprint density at radius 3 is 2.49 bits per heavy atom. The number of rotatable bonds is 5. The lowest BCUT2D eigenvalue weighted by atomic mass is 9.83. The second-order valence-corrected chi connectivity index (χ2v) is 9.86. The Kier molecular flexibility index (Phi) is 6.31. The molecule has 2 aromatic carbocycles. The number of benzene rings is 2. The van der Waals surface area contributed by atoms with Gasteiger partial charge in [-0.15, -0.1) is 13.2 Å². The average Bonchev–Trinajstić information content (AvgIpc) is 3.04. The van der Waals surface area contributed by atoms with Gasteiger partial charge in [-0.25, -0.2) is 9.69 Å². The normalized spacial score (nSPS) is 20.9. The number of piperidine rings is 1. The van der Waals surface area contributed by atoms with Gasteiger partial charge < -0.3 is 15.0 Å². The molecule has 5 rings (SSSR count). The highest BCUT2D eigenvalue weighted by Crippen LogP contribution is 2.45. The van der Waals surface area contributed by atoms with Crippen LogP contribution in [0.1, 0.15) is 38.3 Å².